The smallest absolute Gasteiger partial charge is 0.323 e. The summed E-state index contributed by atoms with van der Waals surface area (Å²) >= 11 is 0. The second-order valence-corrected chi connectivity index (χ2v) is 6.47. The van der Waals surface area contributed by atoms with Gasteiger partial charge in [-0.1, -0.05) is 25.1 Å². The standard InChI is InChI=1S/C13H16N2O4S/c1-3-15(20(18,19)10(2)13(16)17)9-12-7-5-4-6-11(12)8-14/h4-7,10H,3,9H2,1-2H3,(H,16,17). The fourth-order valence-electron chi connectivity index (χ4n) is 1.69. The first-order chi connectivity index (χ1) is 9.34. The van der Waals surface area contributed by atoms with Gasteiger partial charge in [0.25, 0.3) is 0 Å². The third kappa shape index (κ3) is 3.35. The van der Waals surface area contributed by atoms with Gasteiger partial charge in [-0.05, 0) is 18.6 Å². The van der Waals surface area contributed by atoms with Crippen molar-refractivity contribution in [1.82, 2.24) is 4.31 Å². The van der Waals surface area contributed by atoms with Crippen LogP contribution in [0.15, 0.2) is 24.3 Å². The van der Waals surface area contributed by atoms with E-state index < -0.39 is 21.2 Å². The summed E-state index contributed by atoms with van der Waals surface area (Å²) in [6.07, 6.45) is 0. The SMILES string of the molecule is CCN(Cc1ccccc1C#N)S(=O)(=O)C(C)C(=O)O. The maximum atomic E-state index is 12.2. The van der Waals surface area contributed by atoms with E-state index >= 15 is 0 Å². The van der Waals surface area contributed by atoms with Crippen LogP contribution in [0.5, 0.6) is 0 Å². The first-order valence-electron chi connectivity index (χ1n) is 6.04. The van der Waals surface area contributed by atoms with Crippen LogP contribution in [-0.2, 0) is 21.4 Å². The Hall–Kier alpha value is -1.91. The minimum absolute atomic E-state index is 0.0137. The summed E-state index contributed by atoms with van der Waals surface area (Å²) in [5.74, 6) is -1.39. The van der Waals surface area contributed by atoms with Crippen LogP contribution in [-0.4, -0.2) is 35.6 Å². The van der Waals surface area contributed by atoms with Crippen LogP contribution in [0.1, 0.15) is 25.0 Å². The van der Waals surface area contributed by atoms with Crippen LogP contribution in [0.4, 0.5) is 0 Å². The van der Waals surface area contributed by atoms with Crippen molar-refractivity contribution in [3.8, 4) is 6.07 Å². The van der Waals surface area contributed by atoms with E-state index in [1.54, 1.807) is 31.2 Å². The summed E-state index contributed by atoms with van der Waals surface area (Å²) in [5.41, 5.74) is 0.933. The van der Waals surface area contributed by atoms with Gasteiger partial charge in [-0.2, -0.15) is 9.57 Å². The average molecular weight is 296 g/mol. The van der Waals surface area contributed by atoms with Gasteiger partial charge in [0, 0.05) is 13.1 Å². The van der Waals surface area contributed by atoms with Gasteiger partial charge in [0.05, 0.1) is 11.6 Å². The maximum Gasteiger partial charge on any atom is 0.323 e. The molecule has 0 aromatic heterocycles. The van der Waals surface area contributed by atoms with Gasteiger partial charge in [0.1, 0.15) is 0 Å². The summed E-state index contributed by atoms with van der Waals surface area (Å²) in [4.78, 5) is 10.9. The second-order valence-electron chi connectivity index (χ2n) is 4.22. The summed E-state index contributed by atoms with van der Waals surface area (Å²) in [5, 5.41) is 16.3. The Kier molecular flexibility index (Phi) is 5.25. The van der Waals surface area contributed by atoms with E-state index in [2.05, 4.69) is 0 Å². The number of hydrogen-bond donors (Lipinski definition) is 1. The molecule has 0 fully saturated rings. The third-order valence-electron chi connectivity index (χ3n) is 2.99. The molecule has 0 spiro atoms. The van der Waals surface area contributed by atoms with E-state index in [1.165, 1.54) is 0 Å². The lowest BCUT2D eigenvalue weighted by Crippen LogP contribution is -2.40. The van der Waals surface area contributed by atoms with Crippen LogP contribution < -0.4 is 0 Å². The highest BCUT2D eigenvalue weighted by Crippen LogP contribution is 2.16. The zero-order valence-corrected chi connectivity index (χ0v) is 12.1. The van der Waals surface area contributed by atoms with Crippen LogP contribution in [0.25, 0.3) is 0 Å². The molecule has 0 aliphatic rings. The number of hydrogen-bond acceptors (Lipinski definition) is 4. The van der Waals surface area contributed by atoms with Crippen molar-refractivity contribution in [1.29, 1.82) is 5.26 Å². The van der Waals surface area contributed by atoms with Crippen LogP contribution in [0.2, 0.25) is 0 Å². The third-order valence-corrected chi connectivity index (χ3v) is 5.19. The molecule has 0 heterocycles. The minimum atomic E-state index is -3.95. The van der Waals surface area contributed by atoms with Gasteiger partial charge in [0.15, 0.2) is 5.25 Å². The number of nitriles is 1. The number of aliphatic carboxylic acids is 1. The molecule has 0 radical (unpaired) electrons. The summed E-state index contributed by atoms with van der Waals surface area (Å²) in [7, 11) is -3.95. The Labute approximate surface area is 118 Å². The number of benzene rings is 1. The number of carboxylic acid groups (broad SMARTS) is 1. The lowest BCUT2D eigenvalue weighted by Gasteiger charge is -2.23. The second kappa shape index (κ2) is 6.50. The number of rotatable bonds is 6. The first-order valence-corrected chi connectivity index (χ1v) is 7.54. The fraction of sp³-hybridized carbons (Fsp3) is 0.385. The monoisotopic (exact) mass is 296 g/mol. The van der Waals surface area contributed by atoms with Gasteiger partial charge in [0.2, 0.25) is 10.0 Å². The van der Waals surface area contributed by atoms with Crippen molar-refractivity contribution >= 4 is 16.0 Å². The van der Waals surface area contributed by atoms with E-state index in [4.69, 9.17) is 10.4 Å². The van der Waals surface area contributed by atoms with Crippen molar-refractivity contribution in [2.75, 3.05) is 6.54 Å². The summed E-state index contributed by atoms with van der Waals surface area (Å²) in [6, 6.07) is 8.63. The molecule has 108 valence electrons. The van der Waals surface area contributed by atoms with E-state index in [0.29, 0.717) is 11.1 Å². The molecule has 0 aliphatic heterocycles. The molecule has 1 aromatic rings. The largest absolute Gasteiger partial charge is 0.480 e. The summed E-state index contributed by atoms with van der Waals surface area (Å²) in [6.45, 7) is 2.89. The Bertz CT molecular complexity index is 634. The highest BCUT2D eigenvalue weighted by molar-refractivity contribution is 7.90. The Morgan fingerprint density at radius 2 is 2.05 bits per heavy atom. The van der Waals surface area contributed by atoms with Crippen LogP contribution >= 0.6 is 0 Å². The van der Waals surface area contributed by atoms with Crippen LogP contribution in [0.3, 0.4) is 0 Å². The molecule has 1 unspecified atom stereocenters. The van der Waals surface area contributed by atoms with E-state index in [0.717, 1.165) is 11.2 Å². The number of sulfonamides is 1. The molecular weight excluding hydrogens is 280 g/mol. The molecule has 1 rings (SSSR count). The van der Waals surface area contributed by atoms with Gasteiger partial charge >= 0.3 is 5.97 Å². The normalized spacial score (nSPS) is 12.9. The van der Waals surface area contributed by atoms with Crippen molar-refractivity contribution in [2.45, 2.75) is 25.6 Å². The zero-order valence-electron chi connectivity index (χ0n) is 11.3. The molecular formula is C13H16N2O4S. The molecule has 1 N–H and O–H groups in total. The van der Waals surface area contributed by atoms with Gasteiger partial charge in [-0.25, -0.2) is 8.42 Å². The summed E-state index contributed by atoms with van der Waals surface area (Å²) < 4.78 is 25.4. The molecule has 0 bridgehead atoms. The topological polar surface area (TPSA) is 98.5 Å². The number of nitrogens with zero attached hydrogens (tertiary/aromatic N) is 2. The predicted octanol–water partition coefficient (Wildman–Crippen LogP) is 1.18. The molecule has 6 nitrogen and oxygen atoms in total. The highest BCUT2D eigenvalue weighted by Gasteiger charge is 2.33. The van der Waals surface area contributed by atoms with Crippen molar-refractivity contribution in [2.24, 2.45) is 0 Å². The van der Waals surface area contributed by atoms with Crippen molar-refractivity contribution < 1.29 is 18.3 Å². The molecule has 0 saturated heterocycles. The van der Waals surface area contributed by atoms with E-state index in [9.17, 15) is 13.2 Å². The number of carboxylic acids is 1. The molecule has 20 heavy (non-hydrogen) atoms. The van der Waals surface area contributed by atoms with Gasteiger partial charge < -0.3 is 5.11 Å². The molecule has 7 heteroatoms. The van der Waals surface area contributed by atoms with Gasteiger partial charge in [-0.15, -0.1) is 0 Å². The molecule has 0 saturated carbocycles. The van der Waals surface area contributed by atoms with Crippen molar-refractivity contribution in [3.63, 3.8) is 0 Å². The van der Waals surface area contributed by atoms with Gasteiger partial charge in [-0.3, -0.25) is 4.79 Å². The maximum absolute atomic E-state index is 12.2. The molecule has 0 aliphatic carbocycles. The fourth-order valence-corrected chi connectivity index (χ4v) is 3.07. The number of carbonyl (C=O) groups is 1. The first kappa shape index (κ1) is 16.1. The van der Waals surface area contributed by atoms with Crippen molar-refractivity contribution in [3.05, 3.63) is 35.4 Å². The molecule has 0 amide bonds. The lowest BCUT2D eigenvalue weighted by atomic mass is 10.1. The Balaban J connectivity index is 3.10. The minimum Gasteiger partial charge on any atom is -0.480 e. The Morgan fingerprint density at radius 1 is 1.45 bits per heavy atom. The average Bonchev–Trinajstić information content (AvgIpc) is 2.43. The van der Waals surface area contributed by atoms with E-state index in [-0.39, 0.29) is 13.1 Å². The van der Waals surface area contributed by atoms with E-state index in [1.807, 2.05) is 6.07 Å². The highest BCUT2D eigenvalue weighted by atomic mass is 32.2. The molecule has 1 atom stereocenters. The Morgan fingerprint density at radius 3 is 2.55 bits per heavy atom. The predicted molar refractivity (Wildman–Crippen MR) is 73.3 cm³/mol. The quantitative estimate of drug-likeness (QED) is 0.850. The van der Waals surface area contributed by atoms with Crippen LogP contribution in [0, 0.1) is 11.3 Å². The lowest BCUT2D eigenvalue weighted by molar-refractivity contribution is -0.136. The zero-order chi connectivity index (χ0) is 15.3. The molecule has 1 aromatic carbocycles.